The van der Waals surface area contributed by atoms with Gasteiger partial charge < -0.3 is 9.64 Å². The molecule has 1 amide bonds. The van der Waals surface area contributed by atoms with Crippen LogP contribution in [0.1, 0.15) is 39.0 Å². The molecule has 1 saturated heterocycles. The van der Waals surface area contributed by atoms with Gasteiger partial charge in [0, 0.05) is 36.8 Å². The molecule has 0 radical (unpaired) electrons. The van der Waals surface area contributed by atoms with Crippen molar-refractivity contribution in [2.24, 2.45) is 0 Å². The monoisotopic (exact) mass is 317 g/mol. The standard InChI is InChI=1S/C16H19N3O2S/c20-16(15-9-12-11-21-8-4-14(12)22-15)18-6-1-3-13(10-18)19-7-2-5-17-19/h2,5,7,9,13H,1,3-4,6,8,10-11H2/t13-/m1/s1. The van der Waals surface area contributed by atoms with Crippen LogP contribution in [0.5, 0.6) is 0 Å². The minimum atomic E-state index is 0.163. The van der Waals surface area contributed by atoms with E-state index in [2.05, 4.69) is 5.10 Å². The largest absolute Gasteiger partial charge is 0.376 e. The molecule has 0 aliphatic carbocycles. The highest BCUT2D eigenvalue weighted by atomic mass is 32.1. The Morgan fingerprint density at radius 3 is 3.23 bits per heavy atom. The van der Waals surface area contributed by atoms with Gasteiger partial charge in [-0.15, -0.1) is 11.3 Å². The van der Waals surface area contributed by atoms with Crippen LogP contribution in [0.15, 0.2) is 24.5 Å². The Hall–Kier alpha value is -1.66. The lowest BCUT2D eigenvalue weighted by atomic mass is 10.1. The zero-order valence-electron chi connectivity index (χ0n) is 12.4. The van der Waals surface area contributed by atoms with Gasteiger partial charge in [-0.3, -0.25) is 9.48 Å². The summed E-state index contributed by atoms with van der Waals surface area (Å²) in [6.45, 7) is 3.01. The third-order valence-electron chi connectivity index (χ3n) is 4.42. The van der Waals surface area contributed by atoms with E-state index in [9.17, 15) is 4.79 Å². The molecule has 116 valence electrons. The molecule has 2 aliphatic heterocycles. The van der Waals surface area contributed by atoms with Crippen molar-refractivity contribution in [1.29, 1.82) is 0 Å². The number of nitrogens with zero attached hydrogens (tertiary/aromatic N) is 3. The molecule has 1 fully saturated rings. The van der Waals surface area contributed by atoms with E-state index in [1.54, 1.807) is 17.5 Å². The predicted molar refractivity (Wildman–Crippen MR) is 84.1 cm³/mol. The van der Waals surface area contributed by atoms with Crippen molar-refractivity contribution in [3.8, 4) is 0 Å². The first-order valence-electron chi connectivity index (χ1n) is 7.79. The lowest BCUT2D eigenvalue weighted by Gasteiger charge is -2.32. The number of amides is 1. The van der Waals surface area contributed by atoms with Crippen LogP contribution in [0.2, 0.25) is 0 Å². The number of carbonyl (C=O) groups excluding carboxylic acids is 1. The summed E-state index contributed by atoms with van der Waals surface area (Å²) < 4.78 is 7.45. The van der Waals surface area contributed by atoms with E-state index in [0.29, 0.717) is 12.6 Å². The van der Waals surface area contributed by atoms with Gasteiger partial charge in [0.15, 0.2) is 0 Å². The van der Waals surface area contributed by atoms with Crippen molar-refractivity contribution in [3.63, 3.8) is 0 Å². The molecule has 0 aromatic carbocycles. The Morgan fingerprint density at radius 1 is 1.45 bits per heavy atom. The van der Waals surface area contributed by atoms with Gasteiger partial charge in [-0.25, -0.2) is 0 Å². The van der Waals surface area contributed by atoms with Crippen LogP contribution in [0.25, 0.3) is 0 Å². The average Bonchev–Trinajstić information content (AvgIpc) is 3.23. The molecule has 0 bridgehead atoms. The fourth-order valence-electron chi connectivity index (χ4n) is 3.26. The number of carbonyl (C=O) groups is 1. The first kappa shape index (κ1) is 14.0. The first-order valence-corrected chi connectivity index (χ1v) is 8.60. The molecule has 0 N–H and O–H groups in total. The summed E-state index contributed by atoms with van der Waals surface area (Å²) in [5, 5.41) is 4.32. The molecule has 4 heterocycles. The van der Waals surface area contributed by atoms with Crippen molar-refractivity contribution in [2.45, 2.75) is 31.9 Å². The highest BCUT2D eigenvalue weighted by molar-refractivity contribution is 7.14. The summed E-state index contributed by atoms with van der Waals surface area (Å²) >= 11 is 1.64. The summed E-state index contributed by atoms with van der Waals surface area (Å²) in [5.74, 6) is 0.163. The second kappa shape index (κ2) is 5.85. The van der Waals surface area contributed by atoms with Crippen LogP contribution < -0.4 is 0 Å². The zero-order chi connectivity index (χ0) is 14.9. The van der Waals surface area contributed by atoms with E-state index in [4.69, 9.17) is 4.74 Å². The summed E-state index contributed by atoms with van der Waals surface area (Å²) in [5.41, 5.74) is 1.19. The number of likely N-dealkylation sites (tertiary alicyclic amines) is 1. The van der Waals surface area contributed by atoms with Crippen LogP contribution >= 0.6 is 11.3 Å². The van der Waals surface area contributed by atoms with Gasteiger partial charge in [-0.1, -0.05) is 0 Å². The lowest BCUT2D eigenvalue weighted by Crippen LogP contribution is -2.40. The van der Waals surface area contributed by atoms with Crippen LogP contribution in [0, 0.1) is 0 Å². The van der Waals surface area contributed by atoms with Crippen LogP contribution in [0.3, 0.4) is 0 Å². The van der Waals surface area contributed by atoms with Crippen molar-refractivity contribution in [3.05, 3.63) is 39.8 Å². The summed E-state index contributed by atoms with van der Waals surface area (Å²) in [4.78, 5) is 17.0. The molecular weight excluding hydrogens is 298 g/mol. The third-order valence-corrected chi connectivity index (χ3v) is 5.65. The Kier molecular flexibility index (Phi) is 3.72. The summed E-state index contributed by atoms with van der Waals surface area (Å²) in [7, 11) is 0. The Balaban J connectivity index is 1.51. The third kappa shape index (κ3) is 2.57. The van der Waals surface area contributed by atoms with E-state index in [0.717, 1.165) is 43.8 Å². The van der Waals surface area contributed by atoms with Gasteiger partial charge >= 0.3 is 0 Å². The van der Waals surface area contributed by atoms with Crippen molar-refractivity contribution in [2.75, 3.05) is 19.7 Å². The molecule has 4 rings (SSSR count). The number of hydrogen-bond acceptors (Lipinski definition) is 4. The second-order valence-corrected chi connectivity index (χ2v) is 7.03. The van der Waals surface area contributed by atoms with Gasteiger partial charge in [0.25, 0.3) is 5.91 Å². The molecule has 0 saturated carbocycles. The number of fused-ring (bicyclic) bond motifs is 1. The number of hydrogen-bond donors (Lipinski definition) is 0. The number of ether oxygens (including phenoxy) is 1. The van der Waals surface area contributed by atoms with Crippen LogP contribution in [-0.4, -0.2) is 40.3 Å². The molecule has 1 atom stereocenters. The zero-order valence-corrected chi connectivity index (χ0v) is 13.2. The number of thiophene rings is 1. The molecule has 0 unspecified atom stereocenters. The fourth-order valence-corrected chi connectivity index (χ4v) is 4.38. The molecular formula is C16H19N3O2S. The molecule has 2 aromatic heterocycles. The molecule has 2 aromatic rings. The van der Waals surface area contributed by atoms with Crippen molar-refractivity contribution in [1.82, 2.24) is 14.7 Å². The quantitative estimate of drug-likeness (QED) is 0.855. The first-order chi connectivity index (χ1) is 10.8. The highest BCUT2D eigenvalue weighted by Gasteiger charge is 2.27. The van der Waals surface area contributed by atoms with E-state index in [1.807, 2.05) is 27.9 Å². The van der Waals surface area contributed by atoms with E-state index < -0.39 is 0 Å². The smallest absolute Gasteiger partial charge is 0.264 e. The molecule has 6 heteroatoms. The Labute approximate surface area is 133 Å². The highest BCUT2D eigenvalue weighted by Crippen LogP contribution is 2.29. The summed E-state index contributed by atoms with van der Waals surface area (Å²) in [6.07, 6.45) is 6.84. The van der Waals surface area contributed by atoms with E-state index >= 15 is 0 Å². The summed E-state index contributed by atoms with van der Waals surface area (Å²) in [6, 6.07) is 4.26. The van der Waals surface area contributed by atoms with Gasteiger partial charge in [-0.05, 0) is 30.5 Å². The topological polar surface area (TPSA) is 47.4 Å². The Bertz CT molecular complexity index is 641. The maximum atomic E-state index is 12.8. The lowest BCUT2D eigenvalue weighted by molar-refractivity contribution is 0.0677. The minimum absolute atomic E-state index is 0.163. The average molecular weight is 317 g/mol. The second-order valence-electron chi connectivity index (χ2n) is 5.89. The maximum Gasteiger partial charge on any atom is 0.264 e. The Morgan fingerprint density at radius 2 is 2.41 bits per heavy atom. The number of rotatable bonds is 2. The fraction of sp³-hybridized carbons (Fsp3) is 0.500. The maximum absolute atomic E-state index is 12.8. The van der Waals surface area contributed by atoms with E-state index in [-0.39, 0.29) is 5.91 Å². The SMILES string of the molecule is O=C(c1cc2c(s1)CCOC2)N1CCC[C@@H](n2cccn2)C1. The predicted octanol–water partition coefficient (Wildman–Crippen LogP) is 2.49. The molecule has 5 nitrogen and oxygen atoms in total. The molecule has 0 spiro atoms. The number of aromatic nitrogens is 2. The normalized spacial score (nSPS) is 21.6. The van der Waals surface area contributed by atoms with Gasteiger partial charge in [0.05, 0.1) is 24.1 Å². The van der Waals surface area contributed by atoms with Crippen LogP contribution in [-0.2, 0) is 17.8 Å². The van der Waals surface area contributed by atoms with Gasteiger partial charge in [-0.2, -0.15) is 5.10 Å². The number of piperidine rings is 1. The van der Waals surface area contributed by atoms with Crippen LogP contribution in [0.4, 0.5) is 0 Å². The van der Waals surface area contributed by atoms with Gasteiger partial charge in [0.1, 0.15) is 0 Å². The van der Waals surface area contributed by atoms with Gasteiger partial charge in [0.2, 0.25) is 0 Å². The van der Waals surface area contributed by atoms with Crippen molar-refractivity contribution >= 4 is 17.2 Å². The minimum Gasteiger partial charge on any atom is -0.376 e. The molecule has 22 heavy (non-hydrogen) atoms. The van der Waals surface area contributed by atoms with Crippen molar-refractivity contribution < 1.29 is 9.53 Å². The molecule has 2 aliphatic rings. The van der Waals surface area contributed by atoms with E-state index in [1.165, 1.54) is 10.4 Å².